The lowest BCUT2D eigenvalue weighted by atomic mass is 9.95. The summed E-state index contributed by atoms with van der Waals surface area (Å²) in [4.78, 5) is 27.6. The maximum atomic E-state index is 13.2. The number of aromatic nitrogens is 2. The van der Waals surface area contributed by atoms with Gasteiger partial charge in [0.05, 0.1) is 11.6 Å². The molecule has 168 valence electrons. The minimum Gasteiger partial charge on any atom is -0.507 e. The van der Waals surface area contributed by atoms with E-state index in [1.807, 2.05) is 30.3 Å². The molecule has 8 heteroatoms. The van der Waals surface area contributed by atoms with Crippen LogP contribution in [0.5, 0.6) is 11.5 Å². The first-order valence-corrected chi connectivity index (χ1v) is 11.3. The van der Waals surface area contributed by atoms with Gasteiger partial charge in [0, 0.05) is 5.56 Å². The molecule has 1 aliphatic heterocycles. The van der Waals surface area contributed by atoms with Crippen LogP contribution in [-0.4, -0.2) is 27.0 Å². The summed E-state index contributed by atoms with van der Waals surface area (Å²) in [7, 11) is 0. The second-order valence-corrected chi connectivity index (χ2v) is 8.79. The summed E-state index contributed by atoms with van der Waals surface area (Å²) < 4.78 is 5.97. The molecule has 0 saturated carbocycles. The lowest BCUT2D eigenvalue weighted by Crippen LogP contribution is -2.29. The van der Waals surface area contributed by atoms with Crippen molar-refractivity contribution >= 4 is 33.9 Å². The van der Waals surface area contributed by atoms with Gasteiger partial charge in [-0.05, 0) is 36.8 Å². The van der Waals surface area contributed by atoms with Crippen LogP contribution in [0.4, 0.5) is 5.13 Å². The van der Waals surface area contributed by atoms with Crippen LogP contribution >= 0.6 is 11.3 Å². The third-order valence-corrected chi connectivity index (χ3v) is 6.20. The van der Waals surface area contributed by atoms with Gasteiger partial charge in [-0.3, -0.25) is 14.5 Å². The van der Waals surface area contributed by atoms with Gasteiger partial charge >= 0.3 is 5.91 Å². The lowest BCUT2D eigenvalue weighted by molar-refractivity contribution is -0.132. The summed E-state index contributed by atoms with van der Waals surface area (Å²) in [5, 5.41) is 20.2. The maximum Gasteiger partial charge on any atom is 0.301 e. The number of amides is 1. The number of aliphatic hydroxyl groups excluding tert-OH is 1. The average molecular weight is 470 g/mol. The second-order valence-electron chi connectivity index (χ2n) is 7.63. The Morgan fingerprint density at radius 1 is 0.912 bits per heavy atom. The smallest absolute Gasteiger partial charge is 0.301 e. The number of aryl methyl sites for hydroxylation is 1. The van der Waals surface area contributed by atoms with E-state index in [9.17, 15) is 14.7 Å². The third-order valence-electron chi connectivity index (χ3n) is 5.37. The number of ether oxygens (including phenoxy) is 1. The number of benzene rings is 3. The SMILES string of the molecule is Cc1nnc(N2C(=O)C(=O)C(=C(O)c3ccccc3)[C@H]2c2cccc(Oc3ccccc3)c2)s1. The van der Waals surface area contributed by atoms with Crippen LogP contribution in [0, 0.1) is 6.92 Å². The predicted molar refractivity (Wildman–Crippen MR) is 129 cm³/mol. The molecule has 1 fully saturated rings. The molecule has 5 rings (SSSR count). The van der Waals surface area contributed by atoms with E-state index in [2.05, 4.69) is 10.2 Å². The van der Waals surface area contributed by atoms with Crippen molar-refractivity contribution in [2.75, 3.05) is 4.90 Å². The van der Waals surface area contributed by atoms with Crippen LogP contribution in [0.3, 0.4) is 0 Å². The molecule has 7 nitrogen and oxygen atoms in total. The molecular weight excluding hydrogens is 450 g/mol. The van der Waals surface area contributed by atoms with Crippen molar-refractivity contribution in [3.05, 3.63) is 107 Å². The summed E-state index contributed by atoms with van der Waals surface area (Å²) in [5.74, 6) is -0.621. The molecule has 1 aromatic heterocycles. The number of para-hydroxylation sites is 1. The molecule has 1 saturated heterocycles. The van der Waals surface area contributed by atoms with Crippen LogP contribution in [0.1, 0.15) is 22.2 Å². The predicted octanol–water partition coefficient (Wildman–Crippen LogP) is 5.27. The molecule has 2 heterocycles. The van der Waals surface area contributed by atoms with E-state index in [0.29, 0.717) is 27.6 Å². The molecule has 1 amide bonds. The first kappa shape index (κ1) is 21.5. The fourth-order valence-corrected chi connectivity index (χ4v) is 4.57. The summed E-state index contributed by atoms with van der Waals surface area (Å²) in [6.07, 6.45) is 0. The quantitative estimate of drug-likeness (QED) is 0.243. The van der Waals surface area contributed by atoms with Crippen molar-refractivity contribution in [1.29, 1.82) is 0 Å². The van der Waals surface area contributed by atoms with Crippen molar-refractivity contribution in [3.8, 4) is 11.5 Å². The van der Waals surface area contributed by atoms with Crippen LogP contribution in [0.25, 0.3) is 5.76 Å². The number of nitrogens with zero attached hydrogens (tertiary/aromatic N) is 3. The van der Waals surface area contributed by atoms with Crippen molar-refractivity contribution < 1.29 is 19.4 Å². The number of carbonyl (C=O) groups excluding carboxylic acids is 2. The van der Waals surface area contributed by atoms with Gasteiger partial charge in [-0.15, -0.1) is 10.2 Å². The number of ketones is 1. The number of rotatable bonds is 5. The number of Topliss-reactive ketones (excluding diaryl/α,β-unsaturated/α-hetero) is 1. The van der Waals surface area contributed by atoms with Crippen molar-refractivity contribution in [2.24, 2.45) is 0 Å². The molecule has 4 aromatic rings. The molecule has 0 radical (unpaired) electrons. The fraction of sp³-hybridized carbons (Fsp3) is 0.0769. The Labute approximate surface area is 199 Å². The van der Waals surface area contributed by atoms with Crippen LogP contribution < -0.4 is 9.64 Å². The van der Waals surface area contributed by atoms with Crippen molar-refractivity contribution in [3.63, 3.8) is 0 Å². The Kier molecular flexibility index (Phi) is 5.65. The van der Waals surface area contributed by atoms with E-state index in [1.165, 1.54) is 16.2 Å². The Bertz CT molecular complexity index is 1400. The van der Waals surface area contributed by atoms with Gasteiger partial charge in [0.1, 0.15) is 22.3 Å². The number of carbonyl (C=O) groups is 2. The van der Waals surface area contributed by atoms with Crippen LogP contribution in [0.2, 0.25) is 0 Å². The summed E-state index contributed by atoms with van der Waals surface area (Å²) in [6, 6.07) is 24.2. The van der Waals surface area contributed by atoms with E-state index >= 15 is 0 Å². The van der Waals surface area contributed by atoms with E-state index in [0.717, 1.165) is 0 Å². The first-order chi connectivity index (χ1) is 16.5. The number of anilines is 1. The standard InChI is InChI=1S/C26H19N3O4S/c1-16-27-28-26(34-16)29-22(18-11-8-14-20(15-18)33-19-12-6-3-7-13-19)21(24(31)25(29)32)23(30)17-9-4-2-5-10-17/h2-15,22,30H,1H3/t22-/m1/s1. The first-order valence-electron chi connectivity index (χ1n) is 10.5. The third kappa shape index (κ3) is 3.95. The van der Waals surface area contributed by atoms with Gasteiger partial charge in [-0.25, -0.2) is 0 Å². The van der Waals surface area contributed by atoms with Crippen LogP contribution in [-0.2, 0) is 9.59 Å². The second kappa shape index (κ2) is 8.92. The maximum absolute atomic E-state index is 13.2. The minimum atomic E-state index is -0.896. The molecule has 1 atom stereocenters. The molecule has 0 unspecified atom stereocenters. The Morgan fingerprint density at radius 2 is 1.59 bits per heavy atom. The van der Waals surface area contributed by atoms with Crippen molar-refractivity contribution in [2.45, 2.75) is 13.0 Å². The number of aliphatic hydroxyl groups is 1. The van der Waals surface area contributed by atoms with E-state index in [4.69, 9.17) is 4.74 Å². The molecular formula is C26H19N3O4S. The zero-order valence-electron chi connectivity index (χ0n) is 18.1. The van der Waals surface area contributed by atoms with Gasteiger partial charge in [0.25, 0.3) is 5.78 Å². The Balaban J connectivity index is 1.66. The molecule has 0 bridgehead atoms. The molecule has 3 aromatic carbocycles. The van der Waals surface area contributed by atoms with Crippen molar-refractivity contribution in [1.82, 2.24) is 10.2 Å². The normalized spacial score (nSPS) is 17.2. The van der Waals surface area contributed by atoms with Crippen LogP contribution in [0.15, 0.2) is 90.5 Å². The fourth-order valence-electron chi connectivity index (χ4n) is 3.85. The highest BCUT2D eigenvalue weighted by Crippen LogP contribution is 2.43. The molecule has 1 aliphatic rings. The summed E-state index contributed by atoms with van der Waals surface area (Å²) in [6.45, 7) is 1.77. The van der Waals surface area contributed by atoms with Gasteiger partial charge in [0.2, 0.25) is 5.13 Å². The zero-order chi connectivity index (χ0) is 23.7. The summed E-state index contributed by atoms with van der Waals surface area (Å²) >= 11 is 1.20. The Hall–Kier alpha value is -4.30. The average Bonchev–Trinajstić information content (AvgIpc) is 3.40. The largest absolute Gasteiger partial charge is 0.507 e. The van der Waals surface area contributed by atoms with E-state index in [-0.39, 0.29) is 16.5 Å². The van der Waals surface area contributed by atoms with Gasteiger partial charge in [-0.2, -0.15) is 0 Å². The lowest BCUT2D eigenvalue weighted by Gasteiger charge is -2.23. The monoisotopic (exact) mass is 469 g/mol. The molecule has 0 spiro atoms. The van der Waals surface area contributed by atoms with Gasteiger partial charge in [0.15, 0.2) is 0 Å². The zero-order valence-corrected chi connectivity index (χ0v) is 18.9. The van der Waals surface area contributed by atoms with E-state index < -0.39 is 17.7 Å². The molecule has 34 heavy (non-hydrogen) atoms. The van der Waals surface area contributed by atoms with E-state index in [1.54, 1.807) is 61.5 Å². The number of hydrogen-bond donors (Lipinski definition) is 1. The Morgan fingerprint density at radius 3 is 2.26 bits per heavy atom. The van der Waals surface area contributed by atoms with Gasteiger partial charge in [-0.1, -0.05) is 72.0 Å². The molecule has 0 aliphatic carbocycles. The minimum absolute atomic E-state index is 0.0130. The highest BCUT2D eigenvalue weighted by atomic mass is 32.1. The number of hydrogen-bond acceptors (Lipinski definition) is 7. The molecule has 1 N–H and O–H groups in total. The highest BCUT2D eigenvalue weighted by Gasteiger charge is 2.48. The topological polar surface area (TPSA) is 92.6 Å². The summed E-state index contributed by atoms with van der Waals surface area (Å²) in [5.41, 5.74) is 1.02. The van der Waals surface area contributed by atoms with Gasteiger partial charge < -0.3 is 9.84 Å². The highest BCUT2D eigenvalue weighted by molar-refractivity contribution is 7.15.